The van der Waals surface area contributed by atoms with Gasteiger partial charge in [-0.05, 0) is 43.5 Å². The smallest absolute Gasteiger partial charge is 0.151 e. The summed E-state index contributed by atoms with van der Waals surface area (Å²) in [7, 11) is 0. The summed E-state index contributed by atoms with van der Waals surface area (Å²) < 4.78 is 16.1. The Labute approximate surface area is 198 Å². The van der Waals surface area contributed by atoms with Gasteiger partial charge in [0.25, 0.3) is 0 Å². The van der Waals surface area contributed by atoms with Crippen LogP contribution in [-0.2, 0) is 13.1 Å². The average molecular weight is 470 g/mol. The summed E-state index contributed by atoms with van der Waals surface area (Å²) in [5, 5.41) is 3.90. The molecule has 33 heavy (non-hydrogen) atoms. The van der Waals surface area contributed by atoms with Crippen LogP contribution < -0.4 is 16.0 Å². The minimum atomic E-state index is -0.188. The Morgan fingerprint density at radius 1 is 1.21 bits per heavy atom. The molecule has 2 aliphatic heterocycles. The van der Waals surface area contributed by atoms with E-state index in [-0.39, 0.29) is 5.82 Å². The summed E-state index contributed by atoms with van der Waals surface area (Å²) >= 11 is 6.50. The predicted octanol–water partition coefficient (Wildman–Crippen LogP) is 3.50. The number of nitrogens with one attached hydrogen (secondary N) is 1. The highest BCUT2D eigenvalue weighted by Gasteiger charge is 2.28. The van der Waals surface area contributed by atoms with Crippen molar-refractivity contribution in [3.05, 3.63) is 58.6 Å². The second-order valence-electron chi connectivity index (χ2n) is 9.05. The van der Waals surface area contributed by atoms with Gasteiger partial charge < -0.3 is 20.5 Å². The van der Waals surface area contributed by atoms with Crippen LogP contribution in [0.25, 0.3) is 11.3 Å². The number of halogens is 2. The molecule has 2 aliphatic rings. The van der Waals surface area contributed by atoms with Gasteiger partial charge in [-0.25, -0.2) is 19.3 Å². The van der Waals surface area contributed by atoms with E-state index in [0.29, 0.717) is 34.7 Å². The molecule has 0 atom stereocenters. The molecule has 9 heteroatoms. The third-order valence-corrected chi connectivity index (χ3v) is 7.17. The number of aromatic nitrogens is 4. The van der Waals surface area contributed by atoms with Crippen molar-refractivity contribution in [2.24, 2.45) is 11.7 Å². The van der Waals surface area contributed by atoms with Gasteiger partial charge >= 0.3 is 0 Å². The number of aryl methyl sites for hydroxylation is 1. The van der Waals surface area contributed by atoms with Gasteiger partial charge in [0.15, 0.2) is 5.82 Å². The molecule has 0 radical (unpaired) electrons. The number of imidazole rings is 1. The van der Waals surface area contributed by atoms with Crippen LogP contribution in [0.15, 0.2) is 30.7 Å². The van der Waals surface area contributed by atoms with Gasteiger partial charge in [0.1, 0.15) is 23.0 Å². The summed E-state index contributed by atoms with van der Waals surface area (Å²) in [5.41, 5.74) is 8.94. The van der Waals surface area contributed by atoms with Crippen molar-refractivity contribution in [3.8, 4) is 11.3 Å². The fourth-order valence-electron chi connectivity index (χ4n) is 4.71. The lowest BCUT2D eigenvalue weighted by atomic mass is 9.95. The molecule has 3 aromatic rings. The molecule has 0 bridgehead atoms. The first-order valence-electron chi connectivity index (χ1n) is 11.5. The van der Waals surface area contributed by atoms with Crippen molar-refractivity contribution in [1.29, 1.82) is 0 Å². The maximum atomic E-state index is 13.8. The van der Waals surface area contributed by atoms with E-state index in [9.17, 15) is 4.39 Å². The third-order valence-electron chi connectivity index (χ3n) is 6.78. The number of anilines is 1. The molecule has 0 amide bonds. The second-order valence-corrected chi connectivity index (χ2v) is 9.43. The normalized spacial score (nSPS) is 17.4. The Morgan fingerprint density at radius 2 is 2.00 bits per heavy atom. The summed E-state index contributed by atoms with van der Waals surface area (Å²) in [6.07, 6.45) is 5.59. The minimum Gasteiger partial charge on any atom is -0.355 e. The van der Waals surface area contributed by atoms with Crippen LogP contribution in [-0.4, -0.2) is 45.7 Å². The SMILES string of the molecule is Cc1cc(-c2cn(CC3CNC3)c(C3CCN(c4ncnc(CN)c4Cl)CC3)n2)ccc1F. The van der Waals surface area contributed by atoms with Crippen molar-refractivity contribution < 1.29 is 4.39 Å². The quantitative estimate of drug-likeness (QED) is 0.574. The summed E-state index contributed by atoms with van der Waals surface area (Å²) in [5.74, 6) is 2.66. The maximum Gasteiger partial charge on any atom is 0.151 e. The van der Waals surface area contributed by atoms with Gasteiger partial charge in [0.05, 0.1) is 11.4 Å². The molecule has 0 unspecified atom stereocenters. The number of piperidine rings is 1. The Hall–Kier alpha value is -2.55. The average Bonchev–Trinajstić information content (AvgIpc) is 3.22. The van der Waals surface area contributed by atoms with E-state index in [1.807, 2.05) is 12.1 Å². The molecule has 1 aromatic carbocycles. The van der Waals surface area contributed by atoms with Gasteiger partial charge in [0, 0.05) is 62.9 Å². The summed E-state index contributed by atoms with van der Waals surface area (Å²) in [4.78, 5) is 15.9. The monoisotopic (exact) mass is 469 g/mol. The Kier molecular flexibility index (Phi) is 6.32. The maximum absolute atomic E-state index is 13.8. The first-order chi connectivity index (χ1) is 16.0. The summed E-state index contributed by atoms with van der Waals surface area (Å²) in [6.45, 7) is 6.80. The molecule has 174 valence electrons. The number of nitrogens with two attached hydrogens (primary N) is 1. The molecule has 2 saturated heterocycles. The van der Waals surface area contributed by atoms with Crippen LogP contribution in [0, 0.1) is 18.7 Å². The zero-order valence-corrected chi connectivity index (χ0v) is 19.5. The van der Waals surface area contributed by atoms with E-state index < -0.39 is 0 Å². The molecular formula is C24H29ClFN7. The zero-order valence-electron chi connectivity index (χ0n) is 18.8. The number of benzene rings is 1. The van der Waals surface area contributed by atoms with Crippen molar-refractivity contribution in [1.82, 2.24) is 24.8 Å². The molecule has 5 rings (SSSR count). The van der Waals surface area contributed by atoms with Crippen LogP contribution in [0.3, 0.4) is 0 Å². The van der Waals surface area contributed by atoms with Crippen molar-refractivity contribution in [2.75, 3.05) is 31.1 Å². The van der Waals surface area contributed by atoms with Crippen molar-refractivity contribution in [2.45, 2.75) is 38.8 Å². The second kappa shape index (κ2) is 9.37. The topological polar surface area (TPSA) is 84.9 Å². The highest BCUT2D eigenvalue weighted by Crippen LogP contribution is 2.34. The largest absolute Gasteiger partial charge is 0.355 e. The Bertz CT molecular complexity index is 1140. The van der Waals surface area contributed by atoms with Crippen LogP contribution in [0.4, 0.5) is 10.2 Å². The molecule has 0 spiro atoms. The highest BCUT2D eigenvalue weighted by atomic mass is 35.5. The van der Waals surface area contributed by atoms with E-state index >= 15 is 0 Å². The molecule has 2 aromatic heterocycles. The lowest BCUT2D eigenvalue weighted by Crippen LogP contribution is -2.44. The summed E-state index contributed by atoms with van der Waals surface area (Å²) in [6, 6.07) is 5.22. The zero-order chi connectivity index (χ0) is 22.9. The third kappa shape index (κ3) is 4.47. The molecule has 4 heterocycles. The fraction of sp³-hybridized carbons (Fsp3) is 0.458. The number of hydrogen-bond acceptors (Lipinski definition) is 6. The lowest BCUT2D eigenvalue weighted by Gasteiger charge is -2.34. The standard InChI is InChI=1S/C24H29ClFN7/c1-15-8-18(2-3-19(15)26)21-13-33(12-16-10-28-11-16)23(31-21)17-4-6-32(7-5-17)24-22(25)20(9-27)29-14-30-24/h2-3,8,13-14,16-17,28H,4-7,9-12,27H2,1H3. The molecule has 2 fully saturated rings. The van der Waals surface area contributed by atoms with E-state index in [1.165, 1.54) is 12.4 Å². The highest BCUT2D eigenvalue weighted by molar-refractivity contribution is 6.33. The van der Waals surface area contributed by atoms with Crippen LogP contribution in [0.2, 0.25) is 5.02 Å². The molecule has 0 aliphatic carbocycles. The molecule has 3 N–H and O–H groups in total. The van der Waals surface area contributed by atoms with Crippen LogP contribution in [0.5, 0.6) is 0 Å². The Balaban J connectivity index is 1.38. The molecule has 7 nitrogen and oxygen atoms in total. The van der Waals surface area contributed by atoms with E-state index in [1.54, 1.807) is 6.92 Å². The lowest BCUT2D eigenvalue weighted by molar-refractivity contribution is 0.299. The Morgan fingerprint density at radius 3 is 2.67 bits per heavy atom. The molecule has 0 saturated carbocycles. The number of hydrogen-bond donors (Lipinski definition) is 2. The van der Waals surface area contributed by atoms with Gasteiger partial charge in [-0.3, -0.25) is 0 Å². The van der Waals surface area contributed by atoms with Crippen molar-refractivity contribution >= 4 is 17.4 Å². The van der Waals surface area contributed by atoms with Gasteiger partial charge in [0.2, 0.25) is 0 Å². The first kappa shape index (κ1) is 22.3. The van der Waals surface area contributed by atoms with Gasteiger partial charge in [-0.1, -0.05) is 11.6 Å². The van der Waals surface area contributed by atoms with Crippen LogP contribution >= 0.6 is 11.6 Å². The van der Waals surface area contributed by atoms with Crippen molar-refractivity contribution in [3.63, 3.8) is 0 Å². The molecular weight excluding hydrogens is 441 g/mol. The minimum absolute atomic E-state index is 0.188. The van der Waals surface area contributed by atoms with Gasteiger partial charge in [-0.15, -0.1) is 0 Å². The fourth-order valence-corrected chi connectivity index (χ4v) is 5.00. The number of nitrogens with zero attached hydrogens (tertiary/aromatic N) is 5. The van der Waals surface area contributed by atoms with E-state index in [0.717, 1.165) is 68.5 Å². The van der Waals surface area contributed by atoms with E-state index in [2.05, 4.69) is 30.9 Å². The first-order valence-corrected chi connectivity index (χ1v) is 11.9. The predicted molar refractivity (Wildman–Crippen MR) is 128 cm³/mol. The van der Waals surface area contributed by atoms with Gasteiger partial charge in [-0.2, -0.15) is 0 Å². The van der Waals surface area contributed by atoms with E-state index in [4.69, 9.17) is 22.3 Å². The number of rotatable bonds is 6. The van der Waals surface area contributed by atoms with Crippen LogP contribution in [0.1, 0.15) is 35.8 Å².